The van der Waals surface area contributed by atoms with Gasteiger partial charge in [-0.15, -0.1) is 0 Å². The molecule has 7 heteroatoms. The number of rotatable bonds is 6. The molecule has 1 N–H and O–H groups in total. The Morgan fingerprint density at radius 2 is 2.10 bits per heavy atom. The van der Waals surface area contributed by atoms with Crippen LogP contribution >= 0.6 is 0 Å². The summed E-state index contributed by atoms with van der Waals surface area (Å²) in [7, 11) is 3.78. The third kappa shape index (κ3) is 3.43. The van der Waals surface area contributed by atoms with Gasteiger partial charge in [0.15, 0.2) is 0 Å². The van der Waals surface area contributed by atoms with E-state index in [4.69, 9.17) is 0 Å². The van der Waals surface area contributed by atoms with Gasteiger partial charge in [-0.1, -0.05) is 13.8 Å². The van der Waals surface area contributed by atoms with Gasteiger partial charge in [-0.2, -0.15) is 20.1 Å². The zero-order valence-electron chi connectivity index (χ0n) is 12.4. The number of nitrogens with one attached hydrogen (secondary N) is 1. The number of hydrogen-bond donors (Lipinski definition) is 1. The van der Waals surface area contributed by atoms with E-state index in [-0.39, 0.29) is 0 Å². The van der Waals surface area contributed by atoms with Gasteiger partial charge in [-0.25, -0.2) is 4.68 Å². The summed E-state index contributed by atoms with van der Waals surface area (Å²) < 4.78 is 1.63. The van der Waals surface area contributed by atoms with E-state index < -0.39 is 0 Å². The first-order chi connectivity index (χ1) is 9.60. The van der Waals surface area contributed by atoms with Crippen molar-refractivity contribution in [3.05, 3.63) is 18.5 Å². The smallest absolute Gasteiger partial charge is 0.257 e. The van der Waals surface area contributed by atoms with Gasteiger partial charge in [-0.3, -0.25) is 0 Å². The third-order valence-electron chi connectivity index (χ3n) is 2.93. The molecule has 2 aromatic heterocycles. The number of anilines is 2. The highest BCUT2D eigenvalue weighted by atomic mass is 15.4. The molecule has 0 bridgehead atoms. The van der Waals surface area contributed by atoms with Crippen molar-refractivity contribution < 1.29 is 0 Å². The zero-order valence-corrected chi connectivity index (χ0v) is 12.4. The van der Waals surface area contributed by atoms with Crippen LogP contribution in [0.25, 0.3) is 5.95 Å². The molecular weight excluding hydrogens is 254 g/mol. The molecule has 0 radical (unpaired) electrons. The number of aromatic nitrogens is 5. The quantitative estimate of drug-likeness (QED) is 0.863. The van der Waals surface area contributed by atoms with E-state index in [0.717, 1.165) is 13.0 Å². The van der Waals surface area contributed by atoms with Gasteiger partial charge in [0, 0.05) is 33.0 Å². The summed E-state index contributed by atoms with van der Waals surface area (Å²) in [5, 5.41) is 7.11. The fourth-order valence-corrected chi connectivity index (χ4v) is 1.68. The highest BCUT2D eigenvalue weighted by molar-refractivity contribution is 5.38. The van der Waals surface area contributed by atoms with Crippen LogP contribution in [0.5, 0.6) is 0 Å². The Kier molecular flexibility index (Phi) is 4.49. The van der Waals surface area contributed by atoms with Crippen molar-refractivity contribution in [1.82, 2.24) is 24.7 Å². The standard InChI is InChI=1S/C13H21N7/c1-10(2)6-9-19(4)12-16-11(14-3)17-13(18-12)20-8-5-7-15-20/h5,7-8,10H,6,9H2,1-4H3,(H,14,16,17,18). The molecule has 0 aromatic carbocycles. The fourth-order valence-electron chi connectivity index (χ4n) is 1.68. The predicted molar refractivity (Wildman–Crippen MR) is 79.2 cm³/mol. The highest BCUT2D eigenvalue weighted by Gasteiger charge is 2.11. The topological polar surface area (TPSA) is 71.8 Å². The molecule has 0 amide bonds. The van der Waals surface area contributed by atoms with Crippen LogP contribution < -0.4 is 10.2 Å². The van der Waals surface area contributed by atoms with Crippen molar-refractivity contribution in [3.8, 4) is 5.95 Å². The lowest BCUT2D eigenvalue weighted by molar-refractivity contribution is 0.581. The molecule has 0 saturated heterocycles. The molecule has 108 valence electrons. The Morgan fingerprint density at radius 1 is 1.30 bits per heavy atom. The molecule has 2 rings (SSSR count). The summed E-state index contributed by atoms with van der Waals surface area (Å²) in [5.74, 6) is 2.35. The first-order valence-electron chi connectivity index (χ1n) is 6.75. The lowest BCUT2D eigenvalue weighted by Crippen LogP contribution is -2.23. The highest BCUT2D eigenvalue weighted by Crippen LogP contribution is 2.13. The van der Waals surface area contributed by atoms with Crippen molar-refractivity contribution in [2.45, 2.75) is 20.3 Å². The molecule has 0 aliphatic carbocycles. The van der Waals surface area contributed by atoms with E-state index in [1.54, 1.807) is 17.9 Å². The van der Waals surface area contributed by atoms with Gasteiger partial charge in [0.2, 0.25) is 11.9 Å². The molecule has 0 fully saturated rings. The Morgan fingerprint density at radius 3 is 2.70 bits per heavy atom. The van der Waals surface area contributed by atoms with Crippen LogP contribution in [-0.2, 0) is 0 Å². The maximum Gasteiger partial charge on any atom is 0.257 e. The SMILES string of the molecule is CNc1nc(N(C)CCC(C)C)nc(-n2cccn2)n1. The lowest BCUT2D eigenvalue weighted by atomic mass is 10.1. The summed E-state index contributed by atoms with van der Waals surface area (Å²) >= 11 is 0. The molecule has 0 unspecified atom stereocenters. The first kappa shape index (κ1) is 14.2. The second kappa shape index (κ2) is 6.31. The largest absolute Gasteiger partial charge is 0.357 e. The van der Waals surface area contributed by atoms with Crippen molar-refractivity contribution in [2.24, 2.45) is 5.92 Å². The van der Waals surface area contributed by atoms with Crippen LogP contribution in [0.1, 0.15) is 20.3 Å². The summed E-state index contributed by atoms with van der Waals surface area (Å²) in [6, 6.07) is 1.84. The van der Waals surface area contributed by atoms with Crippen LogP contribution in [0.3, 0.4) is 0 Å². The molecular formula is C13H21N7. The summed E-state index contributed by atoms with van der Waals surface area (Å²) in [6.45, 7) is 5.31. The van der Waals surface area contributed by atoms with Gasteiger partial charge in [0.1, 0.15) is 0 Å². The minimum atomic E-state index is 0.515. The number of nitrogens with zero attached hydrogens (tertiary/aromatic N) is 6. The fraction of sp³-hybridized carbons (Fsp3) is 0.538. The Labute approximate surface area is 119 Å². The maximum absolute atomic E-state index is 4.47. The number of hydrogen-bond acceptors (Lipinski definition) is 6. The van der Waals surface area contributed by atoms with Crippen molar-refractivity contribution >= 4 is 11.9 Å². The van der Waals surface area contributed by atoms with E-state index in [1.165, 1.54) is 0 Å². The van der Waals surface area contributed by atoms with Crippen molar-refractivity contribution in [2.75, 3.05) is 30.9 Å². The lowest BCUT2D eigenvalue weighted by Gasteiger charge is -2.19. The molecule has 0 saturated carbocycles. The van der Waals surface area contributed by atoms with Crippen molar-refractivity contribution in [1.29, 1.82) is 0 Å². The molecule has 20 heavy (non-hydrogen) atoms. The van der Waals surface area contributed by atoms with Crippen LogP contribution in [0.4, 0.5) is 11.9 Å². The predicted octanol–water partition coefficient (Wildman–Crippen LogP) is 1.58. The molecule has 7 nitrogen and oxygen atoms in total. The van der Waals surface area contributed by atoms with E-state index in [0.29, 0.717) is 23.8 Å². The first-order valence-corrected chi connectivity index (χ1v) is 6.75. The summed E-state index contributed by atoms with van der Waals surface area (Å²) in [6.07, 6.45) is 4.60. The van der Waals surface area contributed by atoms with Gasteiger partial charge >= 0.3 is 0 Å². The van der Waals surface area contributed by atoms with Gasteiger partial charge in [-0.05, 0) is 18.4 Å². The van der Waals surface area contributed by atoms with Gasteiger partial charge < -0.3 is 10.2 Å². The van der Waals surface area contributed by atoms with E-state index >= 15 is 0 Å². The van der Waals surface area contributed by atoms with Gasteiger partial charge in [0.05, 0.1) is 0 Å². The molecule has 2 aromatic rings. The van der Waals surface area contributed by atoms with Crippen LogP contribution in [0.15, 0.2) is 18.5 Å². The molecule has 0 spiro atoms. The minimum Gasteiger partial charge on any atom is -0.357 e. The maximum atomic E-state index is 4.47. The van der Waals surface area contributed by atoms with Crippen LogP contribution in [0.2, 0.25) is 0 Å². The van der Waals surface area contributed by atoms with E-state index in [2.05, 4.69) is 39.2 Å². The average Bonchev–Trinajstić information content (AvgIpc) is 2.98. The molecule has 0 atom stereocenters. The Hall–Kier alpha value is -2.18. The van der Waals surface area contributed by atoms with E-state index in [9.17, 15) is 0 Å². The zero-order chi connectivity index (χ0) is 14.5. The normalized spacial score (nSPS) is 10.8. The van der Waals surface area contributed by atoms with Crippen molar-refractivity contribution in [3.63, 3.8) is 0 Å². The minimum absolute atomic E-state index is 0.515. The third-order valence-corrected chi connectivity index (χ3v) is 2.93. The summed E-state index contributed by atoms with van der Waals surface area (Å²) in [5.41, 5.74) is 0. The molecule has 0 aliphatic heterocycles. The Bertz CT molecular complexity index is 536. The second-order valence-corrected chi connectivity index (χ2v) is 5.06. The van der Waals surface area contributed by atoms with Crippen LogP contribution in [-0.4, -0.2) is 45.4 Å². The molecule has 2 heterocycles. The van der Waals surface area contributed by atoms with E-state index in [1.807, 2.05) is 24.2 Å². The summed E-state index contributed by atoms with van der Waals surface area (Å²) in [4.78, 5) is 15.2. The second-order valence-electron chi connectivity index (χ2n) is 5.06. The monoisotopic (exact) mass is 275 g/mol. The van der Waals surface area contributed by atoms with Crippen LogP contribution in [0, 0.1) is 5.92 Å². The van der Waals surface area contributed by atoms with Gasteiger partial charge in [0.25, 0.3) is 5.95 Å². The molecule has 0 aliphatic rings. The Balaban J connectivity index is 2.26. The average molecular weight is 275 g/mol.